The van der Waals surface area contributed by atoms with Gasteiger partial charge < -0.3 is 19.3 Å². The Bertz CT molecular complexity index is 887. The number of rotatable bonds is 6. The number of ether oxygens (including phenoxy) is 1. The summed E-state index contributed by atoms with van der Waals surface area (Å²) < 4.78 is 8.05. The van der Waals surface area contributed by atoms with E-state index in [-0.39, 0.29) is 6.47 Å². The summed E-state index contributed by atoms with van der Waals surface area (Å²) in [7, 11) is 2.23. The van der Waals surface area contributed by atoms with Gasteiger partial charge in [-0.1, -0.05) is 12.8 Å². The minimum Gasteiger partial charge on any atom is -0.483 e. The molecule has 2 aromatic rings. The molecule has 7 heteroatoms. The van der Waals surface area contributed by atoms with E-state index in [0.717, 1.165) is 58.2 Å². The molecule has 7 nitrogen and oxygen atoms in total. The zero-order chi connectivity index (χ0) is 21.8. The van der Waals surface area contributed by atoms with Crippen LogP contribution in [0.5, 0.6) is 0 Å². The topological polar surface area (TPSA) is 70.8 Å². The summed E-state index contributed by atoms with van der Waals surface area (Å²) in [4.78, 5) is 18.6. The fraction of sp³-hybridized carbons (Fsp3) is 0.667. The molecule has 1 aromatic heterocycles. The van der Waals surface area contributed by atoms with Crippen LogP contribution in [0.4, 0.5) is 5.69 Å². The van der Waals surface area contributed by atoms with Crippen LogP contribution in [0.1, 0.15) is 44.0 Å². The molecule has 3 heterocycles. The number of benzene rings is 1. The predicted octanol–water partition coefficient (Wildman–Crippen LogP) is 3.18. The van der Waals surface area contributed by atoms with Crippen molar-refractivity contribution in [2.45, 2.75) is 58.0 Å². The zero-order valence-electron chi connectivity index (χ0n) is 18.9. The summed E-state index contributed by atoms with van der Waals surface area (Å²) in [5, 5.41) is 6.89. The SMILES string of the molecule is CC1CCc2c(ccc3c2nc(CCC2CC2)n3CCN2CCOCC2)N1C.O=CO. The Kier molecular flexibility index (Phi) is 7.13. The normalized spacial score (nSPS) is 21.5. The molecule has 170 valence electrons. The van der Waals surface area contributed by atoms with E-state index in [0.29, 0.717) is 6.04 Å². The van der Waals surface area contributed by atoms with E-state index in [1.165, 1.54) is 53.8 Å². The van der Waals surface area contributed by atoms with Gasteiger partial charge in [-0.2, -0.15) is 0 Å². The van der Waals surface area contributed by atoms with Gasteiger partial charge in [0.25, 0.3) is 6.47 Å². The second-order valence-corrected chi connectivity index (χ2v) is 9.15. The summed E-state index contributed by atoms with van der Waals surface area (Å²) in [6.45, 7) is 8.08. The zero-order valence-corrected chi connectivity index (χ0v) is 18.9. The van der Waals surface area contributed by atoms with Crippen LogP contribution >= 0.6 is 0 Å². The maximum Gasteiger partial charge on any atom is 0.290 e. The fourth-order valence-electron chi connectivity index (χ4n) is 4.89. The minimum absolute atomic E-state index is 0.250. The Morgan fingerprint density at radius 2 is 1.94 bits per heavy atom. The summed E-state index contributed by atoms with van der Waals surface area (Å²) in [6.07, 6.45) is 7.66. The monoisotopic (exact) mass is 428 g/mol. The lowest BCUT2D eigenvalue weighted by Gasteiger charge is -2.34. The van der Waals surface area contributed by atoms with Gasteiger partial charge in [0.1, 0.15) is 5.82 Å². The highest BCUT2D eigenvalue weighted by Gasteiger charge is 2.26. The van der Waals surface area contributed by atoms with Crippen molar-refractivity contribution in [3.63, 3.8) is 0 Å². The van der Waals surface area contributed by atoms with Crippen molar-refractivity contribution in [1.29, 1.82) is 0 Å². The van der Waals surface area contributed by atoms with Crippen LogP contribution in [0.2, 0.25) is 0 Å². The van der Waals surface area contributed by atoms with Gasteiger partial charge in [-0.05, 0) is 44.2 Å². The quantitative estimate of drug-likeness (QED) is 0.713. The van der Waals surface area contributed by atoms with Gasteiger partial charge in [-0.25, -0.2) is 4.98 Å². The van der Waals surface area contributed by atoms with Crippen molar-refractivity contribution in [3.8, 4) is 0 Å². The summed E-state index contributed by atoms with van der Waals surface area (Å²) in [5.74, 6) is 2.26. The largest absolute Gasteiger partial charge is 0.483 e. The Balaban J connectivity index is 0.000000730. The van der Waals surface area contributed by atoms with Crippen molar-refractivity contribution in [2.75, 3.05) is 44.8 Å². The number of fused-ring (bicyclic) bond motifs is 3. The third kappa shape index (κ3) is 5.04. The number of aryl methyl sites for hydroxylation is 2. The first-order valence-corrected chi connectivity index (χ1v) is 11.7. The molecule has 5 rings (SSSR count). The van der Waals surface area contributed by atoms with Crippen LogP contribution in [-0.4, -0.2) is 72.0 Å². The van der Waals surface area contributed by atoms with E-state index in [9.17, 15) is 0 Å². The van der Waals surface area contributed by atoms with Gasteiger partial charge in [0.2, 0.25) is 0 Å². The summed E-state index contributed by atoms with van der Waals surface area (Å²) >= 11 is 0. The van der Waals surface area contributed by atoms with Gasteiger partial charge in [0, 0.05) is 56.9 Å². The second-order valence-electron chi connectivity index (χ2n) is 9.15. The van der Waals surface area contributed by atoms with Crippen molar-refractivity contribution >= 4 is 23.2 Å². The first kappa shape index (κ1) is 22.1. The molecule has 2 fully saturated rings. The van der Waals surface area contributed by atoms with E-state index in [1.54, 1.807) is 0 Å². The van der Waals surface area contributed by atoms with E-state index < -0.39 is 0 Å². The molecule has 3 aliphatic rings. The molecule has 0 spiro atoms. The smallest absolute Gasteiger partial charge is 0.290 e. The number of aromatic nitrogens is 2. The van der Waals surface area contributed by atoms with Gasteiger partial charge >= 0.3 is 0 Å². The predicted molar refractivity (Wildman–Crippen MR) is 123 cm³/mol. The number of anilines is 1. The van der Waals surface area contributed by atoms with Crippen LogP contribution in [-0.2, 0) is 28.9 Å². The van der Waals surface area contributed by atoms with E-state index in [2.05, 4.69) is 40.5 Å². The first-order valence-electron chi connectivity index (χ1n) is 11.7. The Morgan fingerprint density at radius 1 is 1.19 bits per heavy atom. The molecule has 0 bridgehead atoms. The number of carboxylic acid groups (broad SMARTS) is 1. The van der Waals surface area contributed by atoms with Crippen LogP contribution in [0.3, 0.4) is 0 Å². The summed E-state index contributed by atoms with van der Waals surface area (Å²) in [5.41, 5.74) is 5.47. The number of imidazole rings is 1. The van der Waals surface area contributed by atoms with Crippen LogP contribution in [0.15, 0.2) is 12.1 Å². The molecule has 1 saturated carbocycles. The van der Waals surface area contributed by atoms with Crippen molar-refractivity contribution in [1.82, 2.24) is 14.5 Å². The lowest BCUT2D eigenvalue weighted by molar-refractivity contribution is -0.122. The average Bonchev–Trinajstić information content (AvgIpc) is 3.54. The maximum atomic E-state index is 8.36. The maximum absolute atomic E-state index is 8.36. The Labute approximate surface area is 185 Å². The molecular weight excluding hydrogens is 392 g/mol. The highest BCUT2D eigenvalue weighted by atomic mass is 16.5. The first-order chi connectivity index (χ1) is 15.1. The molecular formula is C24H36N4O3. The molecule has 1 atom stereocenters. The number of carbonyl (C=O) groups is 1. The third-order valence-corrected chi connectivity index (χ3v) is 7.15. The Hall–Kier alpha value is -2.12. The Morgan fingerprint density at radius 3 is 2.65 bits per heavy atom. The van der Waals surface area contributed by atoms with Gasteiger partial charge in [-0.15, -0.1) is 0 Å². The molecule has 0 amide bonds. The molecule has 1 N–H and O–H groups in total. The lowest BCUT2D eigenvalue weighted by Crippen LogP contribution is -2.38. The van der Waals surface area contributed by atoms with Gasteiger partial charge in [-0.3, -0.25) is 9.69 Å². The molecule has 31 heavy (non-hydrogen) atoms. The molecule has 1 unspecified atom stereocenters. The molecule has 1 saturated heterocycles. The molecule has 2 aliphatic heterocycles. The molecule has 1 aliphatic carbocycles. The number of morpholine rings is 1. The van der Waals surface area contributed by atoms with Crippen LogP contribution in [0, 0.1) is 5.92 Å². The number of nitrogens with zero attached hydrogens (tertiary/aromatic N) is 4. The van der Waals surface area contributed by atoms with Crippen molar-refractivity contribution in [2.24, 2.45) is 5.92 Å². The highest BCUT2D eigenvalue weighted by Crippen LogP contribution is 2.37. The van der Waals surface area contributed by atoms with Crippen molar-refractivity contribution < 1.29 is 14.6 Å². The van der Waals surface area contributed by atoms with E-state index in [4.69, 9.17) is 19.6 Å². The van der Waals surface area contributed by atoms with Gasteiger partial charge in [0.05, 0.1) is 24.2 Å². The highest BCUT2D eigenvalue weighted by molar-refractivity contribution is 5.86. The summed E-state index contributed by atoms with van der Waals surface area (Å²) in [6, 6.07) is 5.28. The standard InChI is InChI=1S/C23H34N4O.CH2O2/c1-17-3-7-19-20(25(17)2)8-9-21-23(19)24-22(10-6-18-4-5-18)27(21)12-11-26-13-15-28-16-14-26;2-1-3/h8-9,17-18H,3-7,10-16H2,1-2H3;1H,(H,2,3). The second kappa shape index (κ2) is 10.0. The van der Waals surface area contributed by atoms with E-state index >= 15 is 0 Å². The van der Waals surface area contributed by atoms with E-state index in [1.807, 2.05) is 0 Å². The number of hydrogen-bond acceptors (Lipinski definition) is 5. The number of hydrogen-bond donors (Lipinski definition) is 1. The van der Waals surface area contributed by atoms with Crippen LogP contribution < -0.4 is 4.90 Å². The molecule has 1 aromatic carbocycles. The van der Waals surface area contributed by atoms with Crippen LogP contribution in [0.25, 0.3) is 11.0 Å². The fourth-order valence-corrected chi connectivity index (χ4v) is 4.89. The average molecular weight is 429 g/mol. The molecule has 0 radical (unpaired) electrons. The lowest BCUT2D eigenvalue weighted by atomic mass is 9.96. The third-order valence-electron chi connectivity index (χ3n) is 7.15. The van der Waals surface area contributed by atoms with Gasteiger partial charge in [0.15, 0.2) is 0 Å². The minimum atomic E-state index is -0.250. The van der Waals surface area contributed by atoms with Crippen molar-refractivity contribution in [3.05, 3.63) is 23.5 Å².